The Bertz CT molecular complexity index is 1050. The summed E-state index contributed by atoms with van der Waals surface area (Å²) >= 11 is 6.57. The molecule has 1 aliphatic heterocycles. The topological polar surface area (TPSA) is 21.7 Å². The third kappa shape index (κ3) is 4.03. The summed E-state index contributed by atoms with van der Waals surface area (Å²) in [6, 6.07) is 16.9. The van der Waals surface area contributed by atoms with E-state index in [2.05, 4.69) is 11.0 Å². The fraction of sp³-hybridized carbons (Fsp3) is 0.280. The summed E-state index contributed by atoms with van der Waals surface area (Å²) in [5, 5.41) is 0.676. The van der Waals surface area contributed by atoms with Gasteiger partial charge in [0.15, 0.2) is 11.5 Å². The van der Waals surface area contributed by atoms with E-state index in [0.29, 0.717) is 22.9 Å². The normalized spacial score (nSPS) is 13.7. The number of methoxy groups -OCH3 is 2. The smallest absolute Gasteiger partial charge is 0.168 e. The largest absolute Gasteiger partial charge is 0.493 e. The zero-order valence-electron chi connectivity index (χ0n) is 17.3. The Labute approximate surface area is 182 Å². The van der Waals surface area contributed by atoms with Crippen molar-refractivity contribution in [2.75, 3.05) is 27.3 Å². The van der Waals surface area contributed by atoms with E-state index >= 15 is 0 Å². The minimum atomic E-state index is -0.141. The van der Waals surface area contributed by atoms with Gasteiger partial charge in [0.25, 0.3) is 0 Å². The first kappa shape index (κ1) is 20.7. The minimum absolute atomic E-state index is 0.141. The van der Waals surface area contributed by atoms with E-state index < -0.39 is 0 Å². The Morgan fingerprint density at radius 2 is 1.80 bits per heavy atom. The predicted octanol–water partition coefficient (Wildman–Crippen LogP) is 5.76. The van der Waals surface area contributed by atoms with E-state index in [1.807, 2.05) is 36.4 Å². The average Bonchev–Trinajstić information content (AvgIpc) is 2.77. The molecule has 3 nitrogen and oxygen atoms in total. The Hall–Kier alpha value is -2.56. The van der Waals surface area contributed by atoms with Gasteiger partial charge in [-0.15, -0.1) is 0 Å². The van der Waals surface area contributed by atoms with Gasteiger partial charge >= 0.3 is 0 Å². The lowest BCUT2D eigenvalue weighted by Crippen LogP contribution is -2.33. The van der Waals surface area contributed by atoms with Crippen LogP contribution in [0.2, 0.25) is 5.02 Å². The van der Waals surface area contributed by atoms with Crippen LogP contribution in [-0.4, -0.2) is 32.2 Å². The van der Waals surface area contributed by atoms with Crippen LogP contribution in [-0.2, 0) is 19.4 Å². The highest BCUT2D eigenvalue weighted by Crippen LogP contribution is 2.46. The van der Waals surface area contributed by atoms with Gasteiger partial charge in [-0.05, 0) is 47.7 Å². The summed E-state index contributed by atoms with van der Waals surface area (Å²) in [5.41, 5.74) is 5.10. The fourth-order valence-corrected chi connectivity index (χ4v) is 4.42. The van der Waals surface area contributed by atoms with Gasteiger partial charge in [0.1, 0.15) is 5.82 Å². The van der Waals surface area contributed by atoms with E-state index in [-0.39, 0.29) is 5.82 Å². The second-order valence-corrected chi connectivity index (χ2v) is 7.88. The van der Waals surface area contributed by atoms with Crippen molar-refractivity contribution in [3.63, 3.8) is 0 Å². The Morgan fingerprint density at radius 3 is 2.53 bits per heavy atom. The molecule has 4 rings (SSSR count). The lowest BCUT2D eigenvalue weighted by atomic mass is 9.89. The maximum absolute atomic E-state index is 14.0. The number of nitrogens with zero attached hydrogens (tertiary/aromatic N) is 1. The van der Waals surface area contributed by atoms with E-state index in [1.54, 1.807) is 20.3 Å². The predicted molar refractivity (Wildman–Crippen MR) is 119 cm³/mol. The molecule has 1 aliphatic rings. The van der Waals surface area contributed by atoms with Crippen molar-refractivity contribution in [2.45, 2.75) is 19.4 Å². The van der Waals surface area contributed by atoms with Gasteiger partial charge in [0.2, 0.25) is 0 Å². The van der Waals surface area contributed by atoms with Crippen molar-refractivity contribution in [3.05, 3.63) is 82.1 Å². The quantitative estimate of drug-likeness (QED) is 0.500. The lowest BCUT2D eigenvalue weighted by Gasteiger charge is -2.32. The van der Waals surface area contributed by atoms with Gasteiger partial charge in [-0.2, -0.15) is 0 Å². The summed E-state index contributed by atoms with van der Waals surface area (Å²) in [7, 11) is 3.31. The molecule has 0 saturated carbocycles. The van der Waals surface area contributed by atoms with Crippen molar-refractivity contribution in [1.82, 2.24) is 4.90 Å². The van der Waals surface area contributed by atoms with E-state index in [1.165, 1.54) is 17.2 Å². The average molecular weight is 426 g/mol. The molecule has 0 aromatic heterocycles. The van der Waals surface area contributed by atoms with Crippen molar-refractivity contribution < 1.29 is 13.9 Å². The number of ether oxygens (including phenoxy) is 2. The summed E-state index contributed by atoms with van der Waals surface area (Å²) in [5.74, 6) is 1.27. The van der Waals surface area contributed by atoms with Crippen LogP contribution < -0.4 is 9.47 Å². The molecule has 30 heavy (non-hydrogen) atoms. The van der Waals surface area contributed by atoms with Crippen molar-refractivity contribution in [1.29, 1.82) is 0 Å². The van der Waals surface area contributed by atoms with Gasteiger partial charge < -0.3 is 9.47 Å². The molecule has 0 unspecified atom stereocenters. The van der Waals surface area contributed by atoms with Gasteiger partial charge in [-0.3, -0.25) is 4.90 Å². The molecule has 0 aliphatic carbocycles. The molecule has 0 fully saturated rings. The second kappa shape index (κ2) is 9.07. The number of hydrogen-bond acceptors (Lipinski definition) is 3. The SMILES string of the molecule is COc1cc2c(c(-c3ccccc3Cl)c1OC)CN(CCc1ccccc1F)CC2. The lowest BCUT2D eigenvalue weighted by molar-refractivity contribution is 0.255. The molecular formula is C25H25ClFNO2. The third-order valence-electron chi connectivity index (χ3n) is 5.75. The summed E-state index contributed by atoms with van der Waals surface area (Å²) in [4.78, 5) is 2.36. The van der Waals surface area contributed by atoms with Gasteiger partial charge in [0.05, 0.1) is 14.2 Å². The number of fused-ring (bicyclic) bond motifs is 1. The maximum atomic E-state index is 14.0. The molecule has 0 N–H and O–H groups in total. The van der Waals surface area contributed by atoms with Crippen LogP contribution in [0.3, 0.4) is 0 Å². The first-order valence-electron chi connectivity index (χ1n) is 10.1. The van der Waals surface area contributed by atoms with E-state index in [4.69, 9.17) is 21.1 Å². The standard InChI is InChI=1S/C25H25ClFNO2/c1-29-23-15-18-12-14-28(13-11-17-7-3-6-10-22(17)27)16-20(18)24(25(23)30-2)19-8-4-5-9-21(19)26/h3-10,15H,11-14,16H2,1-2H3. The summed E-state index contributed by atoms with van der Waals surface area (Å²) < 4.78 is 25.4. The molecule has 5 heteroatoms. The van der Waals surface area contributed by atoms with Crippen LogP contribution in [0.4, 0.5) is 4.39 Å². The summed E-state index contributed by atoms with van der Waals surface area (Å²) in [6.07, 6.45) is 1.57. The molecule has 0 spiro atoms. The maximum Gasteiger partial charge on any atom is 0.168 e. The molecule has 0 atom stereocenters. The second-order valence-electron chi connectivity index (χ2n) is 7.47. The van der Waals surface area contributed by atoms with Crippen LogP contribution in [0.5, 0.6) is 11.5 Å². The van der Waals surface area contributed by atoms with Gasteiger partial charge in [0, 0.05) is 35.8 Å². The highest BCUT2D eigenvalue weighted by molar-refractivity contribution is 6.33. The molecule has 0 amide bonds. The van der Waals surface area contributed by atoms with Gasteiger partial charge in [-0.1, -0.05) is 48.0 Å². The highest BCUT2D eigenvalue weighted by atomic mass is 35.5. The van der Waals surface area contributed by atoms with Crippen LogP contribution in [0, 0.1) is 5.82 Å². The number of rotatable bonds is 6. The minimum Gasteiger partial charge on any atom is -0.493 e. The molecule has 1 heterocycles. The first-order valence-corrected chi connectivity index (χ1v) is 10.5. The highest BCUT2D eigenvalue weighted by Gasteiger charge is 2.26. The van der Waals surface area contributed by atoms with Crippen molar-refractivity contribution >= 4 is 11.6 Å². The van der Waals surface area contributed by atoms with E-state index in [9.17, 15) is 4.39 Å². The van der Waals surface area contributed by atoms with E-state index in [0.717, 1.165) is 42.7 Å². The number of halogens is 2. The van der Waals surface area contributed by atoms with Crippen molar-refractivity contribution in [3.8, 4) is 22.6 Å². The van der Waals surface area contributed by atoms with Gasteiger partial charge in [-0.25, -0.2) is 4.39 Å². The van der Waals surface area contributed by atoms with Crippen LogP contribution in [0.15, 0.2) is 54.6 Å². The molecule has 0 saturated heterocycles. The van der Waals surface area contributed by atoms with Crippen LogP contribution in [0.25, 0.3) is 11.1 Å². The molecule has 0 bridgehead atoms. The number of benzene rings is 3. The Morgan fingerprint density at radius 1 is 1.03 bits per heavy atom. The Kier molecular flexibility index (Phi) is 6.26. The zero-order valence-corrected chi connectivity index (χ0v) is 18.0. The molecule has 156 valence electrons. The van der Waals surface area contributed by atoms with Crippen LogP contribution in [0.1, 0.15) is 16.7 Å². The van der Waals surface area contributed by atoms with Crippen molar-refractivity contribution in [2.24, 2.45) is 0 Å². The Balaban J connectivity index is 1.70. The fourth-order valence-electron chi connectivity index (χ4n) is 4.19. The molecule has 3 aromatic carbocycles. The zero-order chi connectivity index (χ0) is 21.1. The monoisotopic (exact) mass is 425 g/mol. The number of hydrogen-bond donors (Lipinski definition) is 0. The molecule has 3 aromatic rings. The summed E-state index contributed by atoms with van der Waals surface area (Å²) in [6.45, 7) is 2.46. The molecular weight excluding hydrogens is 401 g/mol. The third-order valence-corrected chi connectivity index (χ3v) is 6.08. The first-order chi connectivity index (χ1) is 14.6. The van der Waals surface area contributed by atoms with Crippen LogP contribution >= 0.6 is 11.6 Å². The molecule has 0 radical (unpaired) electrons.